The molecule has 0 radical (unpaired) electrons. The third-order valence-electron chi connectivity index (χ3n) is 4.17. The lowest BCUT2D eigenvalue weighted by molar-refractivity contribution is 0.0474. The number of benzene rings is 3. The molecule has 6 heteroatoms. The van der Waals surface area contributed by atoms with Crippen LogP contribution >= 0.6 is 15.9 Å². The molecule has 0 atom stereocenters. The molecule has 0 aliphatic rings. The fourth-order valence-corrected chi connectivity index (χ4v) is 2.82. The number of carbonyl (C=O) groups excluding carboxylic acids is 3. The van der Waals surface area contributed by atoms with Gasteiger partial charge in [-0.3, -0.25) is 4.79 Å². The zero-order valence-electron chi connectivity index (χ0n) is 15.6. The number of halogens is 1. The van der Waals surface area contributed by atoms with E-state index in [1.165, 1.54) is 24.3 Å². The Balaban J connectivity index is 1.57. The molecule has 0 spiro atoms. The van der Waals surface area contributed by atoms with E-state index in [0.717, 1.165) is 10.0 Å². The number of aryl methyl sites for hydroxylation is 1. The van der Waals surface area contributed by atoms with Gasteiger partial charge in [0.1, 0.15) is 5.75 Å². The second-order valence-corrected chi connectivity index (χ2v) is 7.15. The molecule has 0 unspecified atom stereocenters. The summed E-state index contributed by atoms with van der Waals surface area (Å²) in [6.45, 7) is 1.43. The minimum atomic E-state index is -0.545. The zero-order valence-corrected chi connectivity index (χ0v) is 17.1. The van der Waals surface area contributed by atoms with Crippen molar-refractivity contribution in [2.45, 2.75) is 6.92 Å². The van der Waals surface area contributed by atoms with Gasteiger partial charge in [0.25, 0.3) is 0 Å². The van der Waals surface area contributed by atoms with Gasteiger partial charge in [0, 0.05) is 10.0 Å². The van der Waals surface area contributed by atoms with E-state index < -0.39 is 11.9 Å². The van der Waals surface area contributed by atoms with E-state index in [1.807, 2.05) is 6.07 Å². The normalized spacial score (nSPS) is 10.3. The van der Waals surface area contributed by atoms with Gasteiger partial charge >= 0.3 is 11.9 Å². The minimum absolute atomic E-state index is 0.311. The number of hydrogen-bond donors (Lipinski definition) is 0. The van der Waals surface area contributed by atoms with Crippen LogP contribution in [0.3, 0.4) is 0 Å². The summed E-state index contributed by atoms with van der Waals surface area (Å²) in [7, 11) is 0. The molecule has 0 aliphatic carbocycles. The van der Waals surface area contributed by atoms with Crippen LogP contribution < -0.4 is 4.74 Å². The maximum absolute atomic E-state index is 12.3. The first kappa shape index (κ1) is 20.5. The van der Waals surface area contributed by atoms with E-state index in [2.05, 4.69) is 15.9 Å². The Bertz CT molecular complexity index is 1040. The number of ether oxygens (including phenoxy) is 2. The Labute approximate surface area is 176 Å². The Morgan fingerprint density at radius 1 is 0.793 bits per heavy atom. The average molecular weight is 453 g/mol. The number of esters is 2. The van der Waals surface area contributed by atoms with Crippen LogP contribution in [-0.2, 0) is 4.74 Å². The molecular formula is C23H17BrO5. The van der Waals surface area contributed by atoms with Crippen molar-refractivity contribution in [3.63, 3.8) is 0 Å². The summed E-state index contributed by atoms with van der Waals surface area (Å²) in [6, 6.07) is 19.9. The maximum Gasteiger partial charge on any atom is 0.343 e. The molecule has 5 nitrogen and oxygen atoms in total. The van der Waals surface area contributed by atoms with Crippen molar-refractivity contribution >= 4 is 33.7 Å². The molecule has 146 valence electrons. The largest absolute Gasteiger partial charge is 0.454 e. The molecule has 29 heavy (non-hydrogen) atoms. The molecule has 0 aromatic heterocycles. The van der Waals surface area contributed by atoms with E-state index in [9.17, 15) is 14.4 Å². The Morgan fingerprint density at radius 3 is 2.07 bits per heavy atom. The predicted molar refractivity (Wildman–Crippen MR) is 111 cm³/mol. The Morgan fingerprint density at radius 2 is 1.41 bits per heavy atom. The minimum Gasteiger partial charge on any atom is -0.454 e. The lowest BCUT2D eigenvalue weighted by atomic mass is 10.1. The van der Waals surface area contributed by atoms with Gasteiger partial charge in [0.15, 0.2) is 12.4 Å². The third-order valence-corrected chi connectivity index (χ3v) is 4.69. The van der Waals surface area contributed by atoms with Gasteiger partial charge in [0.2, 0.25) is 0 Å². The van der Waals surface area contributed by atoms with E-state index in [4.69, 9.17) is 9.47 Å². The van der Waals surface area contributed by atoms with Crippen LogP contribution in [0.5, 0.6) is 5.75 Å². The average Bonchev–Trinajstić information content (AvgIpc) is 2.73. The lowest BCUT2D eigenvalue weighted by Gasteiger charge is -2.08. The molecule has 3 aromatic rings. The molecule has 0 bridgehead atoms. The summed E-state index contributed by atoms with van der Waals surface area (Å²) in [5, 5.41) is 0. The second-order valence-electron chi connectivity index (χ2n) is 6.24. The highest BCUT2D eigenvalue weighted by atomic mass is 79.9. The highest BCUT2D eigenvalue weighted by Crippen LogP contribution is 2.17. The molecular weight excluding hydrogens is 436 g/mol. The number of ketones is 1. The molecule has 0 amide bonds. The van der Waals surface area contributed by atoms with E-state index in [1.54, 1.807) is 49.4 Å². The monoisotopic (exact) mass is 452 g/mol. The van der Waals surface area contributed by atoms with Gasteiger partial charge in [-0.2, -0.15) is 0 Å². The summed E-state index contributed by atoms with van der Waals surface area (Å²) in [5.74, 6) is -1.08. The highest BCUT2D eigenvalue weighted by molar-refractivity contribution is 9.10. The number of Topliss-reactive ketones (excluding diaryl/α,β-unsaturated/α-hetero) is 1. The first-order valence-electron chi connectivity index (χ1n) is 8.78. The van der Waals surface area contributed by atoms with Gasteiger partial charge in [-0.1, -0.05) is 34.1 Å². The standard InChI is InChI=1S/C23H17BrO5/c1-15-4-2-3-5-20(15)23(27)28-14-21(25)16-8-12-19(13-9-16)29-22(26)17-6-10-18(24)11-7-17/h2-13H,14H2,1H3. The molecule has 0 fully saturated rings. The van der Waals surface area contributed by atoms with Crippen LogP contribution in [0.1, 0.15) is 36.6 Å². The topological polar surface area (TPSA) is 69.7 Å². The van der Waals surface area contributed by atoms with Crippen LogP contribution in [-0.4, -0.2) is 24.3 Å². The highest BCUT2D eigenvalue weighted by Gasteiger charge is 2.14. The summed E-state index contributed by atoms with van der Waals surface area (Å²) < 4.78 is 11.3. The SMILES string of the molecule is Cc1ccccc1C(=O)OCC(=O)c1ccc(OC(=O)c2ccc(Br)cc2)cc1. The van der Waals surface area contributed by atoms with Gasteiger partial charge < -0.3 is 9.47 Å². The molecule has 0 saturated heterocycles. The molecule has 3 rings (SSSR count). The van der Waals surface area contributed by atoms with E-state index in [-0.39, 0.29) is 12.4 Å². The predicted octanol–water partition coefficient (Wildman–Crippen LogP) is 5.02. The Hall–Kier alpha value is -3.25. The third kappa shape index (κ3) is 5.39. The molecule has 3 aromatic carbocycles. The molecule has 0 aliphatic heterocycles. The molecule has 0 saturated carbocycles. The van der Waals surface area contributed by atoms with E-state index >= 15 is 0 Å². The van der Waals surface area contributed by atoms with Crippen LogP contribution in [0.4, 0.5) is 0 Å². The number of rotatable bonds is 6. The van der Waals surface area contributed by atoms with Crippen LogP contribution in [0, 0.1) is 6.92 Å². The van der Waals surface area contributed by atoms with E-state index in [0.29, 0.717) is 22.4 Å². The Kier molecular flexibility index (Phi) is 6.57. The quantitative estimate of drug-likeness (QED) is 0.298. The van der Waals surface area contributed by atoms with Crippen LogP contribution in [0.2, 0.25) is 0 Å². The second kappa shape index (κ2) is 9.30. The van der Waals surface area contributed by atoms with Crippen molar-refractivity contribution in [1.29, 1.82) is 0 Å². The van der Waals surface area contributed by atoms with Gasteiger partial charge in [0.05, 0.1) is 11.1 Å². The van der Waals surface area contributed by atoms with Gasteiger partial charge in [-0.15, -0.1) is 0 Å². The first-order valence-corrected chi connectivity index (χ1v) is 9.57. The van der Waals surface area contributed by atoms with Gasteiger partial charge in [-0.25, -0.2) is 9.59 Å². The summed E-state index contributed by atoms with van der Waals surface area (Å²) >= 11 is 3.31. The fourth-order valence-electron chi connectivity index (χ4n) is 2.55. The van der Waals surface area contributed by atoms with Crippen molar-refractivity contribution in [3.05, 3.63) is 99.5 Å². The fraction of sp³-hybridized carbons (Fsp3) is 0.0870. The van der Waals surface area contributed by atoms with Crippen molar-refractivity contribution in [1.82, 2.24) is 0 Å². The lowest BCUT2D eigenvalue weighted by Crippen LogP contribution is -2.15. The summed E-state index contributed by atoms with van der Waals surface area (Å²) in [6.07, 6.45) is 0. The zero-order chi connectivity index (χ0) is 20.8. The maximum atomic E-state index is 12.3. The smallest absolute Gasteiger partial charge is 0.343 e. The number of hydrogen-bond acceptors (Lipinski definition) is 5. The van der Waals surface area contributed by atoms with Crippen LogP contribution in [0.15, 0.2) is 77.3 Å². The van der Waals surface area contributed by atoms with Crippen molar-refractivity contribution in [2.24, 2.45) is 0 Å². The first-order chi connectivity index (χ1) is 13.9. The van der Waals surface area contributed by atoms with Gasteiger partial charge in [-0.05, 0) is 67.1 Å². The van der Waals surface area contributed by atoms with Crippen molar-refractivity contribution in [2.75, 3.05) is 6.61 Å². The van der Waals surface area contributed by atoms with Crippen LogP contribution in [0.25, 0.3) is 0 Å². The number of carbonyl (C=O) groups is 3. The van der Waals surface area contributed by atoms with Crippen molar-refractivity contribution < 1.29 is 23.9 Å². The van der Waals surface area contributed by atoms with Crippen molar-refractivity contribution in [3.8, 4) is 5.75 Å². The summed E-state index contributed by atoms with van der Waals surface area (Å²) in [4.78, 5) is 36.5. The summed E-state index contributed by atoms with van der Waals surface area (Å²) in [5.41, 5.74) is 1.97. The molecule has 0 N–H and O–H groups in total. The molecule has 0 heterocycles.